The first-order chi connectivity index (χ1) is 19.6. The summed E-state index contributed by atoms with van der Waals surface area (Å²) in [5.41, 5.74) is 7.85. The molecule has 41 heavy (non-hydrogen) atoms. The van der Waals surface area contributed by atoms with Crippen LogP contribution >= 0.6 is 0 Å². The average molecular weight is 556 g/mol. The van der Waals surface area contributed by atoms with E-state index in [1.54, 1.807) is 0 Å². The molecule has 0 amide bonds. The van der Waals surface area contributed by atoms with Crippen LogP contribution in [-0.4, -0.2) is 5.71 Å². The van der Waals surface area contributed by atoms with Crippen LogP contribution < -0.4 is 4.74 Å². The van der Waals surface area contributed by atoms with Crippen LogP contribution in [0.3, 0.4) is 0 Å². The van der Waals surface area contributed by atoms with Gasteiger partial charge in [0.05, 0.1) is 0 Å². The molecule has 224 valence electrons. The third kappa shape index (κ3) is 12.6. The van der Waals surface area contributed by atoms with E-state index in [-0.39, 0.29) is 0 Å². The van der Waals surface area contributed by atoms with E-state index in [1.807, 2.05) is 18.2 Å². The van der Waals surface area contributed by atoms with Gasteiger partial charge in [0.2, 0.25) is 5.88 Å². The van der Waals surface area contributed by atoms with Crippen molar-refractivity contribution in [1.82, 2.24) is 0 Å². The van der Waals surface area contributed by atoms with Crippen molar-refractivity contribution in [2.45, 2.75) is 120 Å². The summed E-state index contributed by atoms with van der Waals surface area (Å²) in [5.74, 6) is 8.61. The van der Waals surface area contributed by atoms with Gasteiger partial charge < -0.3 is 4.74 Å². The summed E-state index contributed by atoms with van der Waals surface area (Å²) in [5, 5.41) is 0. The van der Waals surface area contributed by atoms with Gasteiger partial charge in [-0.15, -0.1) is 0 Å². The molecule has 0 heterocycles. The highest BCUT2D eigenvalue weighted by Gasteiger charge is 2.14. The molecule has 2 unspecified atom stereocenters. The predicted octanol–water partition coefficient (Wildman–Crippen LogP) is 12.0. The monoisotopic (exact) mass is 555 g/mol. The van der Waals surface area contributed by atoms with Crippen molar-refractivity contribution < 1.29 is 4.74 Å². The maximum Gasteiger partial charge on any atom is 0.219 e. The zero-order valence-corrected chi connectivity index (χ0v) is 27.8. The fourth-order valence-electron chi connectivity index (χ4n) is 4.31. The molecule has 0 aliphatic rings. The molecule has 0 bridgehead atoms. The number of aliphatic imine (C=N–C) groups is 1. The quantitative estimate of drug-likeness (QED) is 0.0616. The van der Waals surface area contributed by atoms with Gasteiger partial charge in [0.15, 0.2) is 0 Å². The second-order valence-electron chi connectivity index (χ2n) is 11.2. The molecule has 2 atom stereocenters. The van der Waals surface area contributed by atoms with Gasteiger partial charge in [-0.2, -0.15) is 0 Å². The van der Waals surface area contributed by atoms with Crippen LogP contribution in [0.2, 0.25) is 0 Å². The fourth-order valence-corrected chi connectivity index (χ4v) is 4.31. The topological polar surface area (TPSA) is 21.6 Å². The zero-order valence-electron chi connectivity index (χ0n) is 27.8. The van der Waals surface area contributed by atoms with E-state index in [2.05, 4.69) is 106 Å². The Labute approximate surface area is 253 Å². The molecule has 0 saturated carbocycles. The van der Waals surface area contributed by atoms with Gasteiger partial charge in [0, 0.05) is 29.3 Å². The van der Waals surface area contributed by atoms with E-state index in [9.17, 15) is 0 Å². The summed E-state index contributed by atoms with van der Waals surface area (Å²) in [6.07, 6.45) is 16.0. The van der Waals surface area contributed by atoms with E-state index < -0.39 is 0 Å². The number of unbranched alkanes of at least 4 members (excludes halogenated alkanes) is 3. The first-order valence-electron chi connectivity index (χ1n) is 15.9. The van der Waals surface area contributed by atoms with Gasteiger partial charge >= 0.3 is 0 Å². The molecule has 2 heteroatoms. The minimum absolute atomic E-state index is 0.343. The summed E-state index contributed by atoms with van der Waals surface area (Å²) >= 11 is 0. The maximum absolute atomic E-state index is 6.70. The first kappa shape index (κ1) is 36.0. The average Bonchev–Trinajstić information content (AvgIpc) is 2.97. The molecule has 0 aliphatic heterocycles. The fraction of sp³-hybridized carbons (Fsp3) is 0.513. The third-order valence-electron chi connectivity index (χ3n) is 7.92. The van der Waals surface area contributed by atoms with Gasteiger partial charge in [-0.1, -0.05) is 104 Å². The Kier molecular flexibility index (Phi) is 17.5. The summed E-state index contributed by atoms with van der Waals surface area (Å²) in [4.78, 5) is 4.98. The number of benzene rings is 1. The molecule has 1 aromatic carbocycles. The standard InChI is InChI=1S/C39H57NO/c1-12-18-20-22-31(9)35(16-5)28-36(17-6)37-25-24-34(23-21-19-13-2)27-38(37)41-39(26-32(10)29(7)14-3)40-33(11)30(8)15-4/h17,24-30H,6,10,12-16,18-20,22H2,1-5,7-9,11H3/b35-31+,36-28+,39-26+,40-33?. The Balaban J connectivity index is 3.81. The highest BCUT2D eigenvalue weighted by molar-refractivity contribution is 5.85. The second kappa shape index (κ2) is 19.9. The lowest BCUT2D eigenvalue weighted by molar-refractivity contribution is 0.417. The molecule has 0 aliphatic carbocycles. The molecule has 0 saturated heterocycles. The predicted molar refractivity (Wildman–Crippen MR) is 183 cm³/mol. The van der Waals surface area contributed by atoms with E-state index in [1.165, 1.54) is 30.4 Å². The summed E-state index contributed by atoms with van der Waals surface area (Å²) in [6, 6.07) is 6.25. The molecular weight excluding hydrogens is 498 g/mol. The molecule has 0 spiro atoms. The lowest BCUT2D eigenvalue weighted by atomic mass is 9.95. The Morgan fingerprint density at radius 2 is 1.68 bits per heavy atom. The molecular formula is C39H57NO. The molecule has 1 rings (SSSR count). The number of allylic oxidation sites excluding steroid dienone is 7. The number of ether oxygens (including phenoxy) is 1. The molecule has 0 N–H and O–H groups in total. The van der Waals surface area contributed by atoms with Crippen molar-refractivity contribution in [3.05, 3.63) is 83.3 Å². The van der Waals surface area contributed by atoms with E-state index in [4.69, 9.17) is 9.73 Å². The van der Waals surface area contributed by atoms with Crippen LogP contribution in [0.4, 0.5) is 0 Å². The van der Waals surface area contributed by atoms with Gasteiger partial charge in [0.1, 0.15) is 5.75 Å². The smallest absolute Gasteiger partial charge is 0.219 e. The van der Waals surface area contributed by atoms with E-state index in [0.29, 0.717) is 17.7 Å². The molecule has 2 nitrogen and oxygen atoms in total. The van der Waals surface area contributed by atoms with Crippen molar-refractivity contribution in [1.29, 1.82) is 0 Å². The van der Waals surface area contributed by atoms with Crippen LogP contribution in [0.25, 0.3) is 5.57 Å². The Hall–Kier alpha value is -3.05. The van der Waals surface area contributed by atoms with Crippen LogP contribution in [0.15, 0.2) is 77.2 Å². The number of hydrogen-bond donors (Lipinski definition) is 0. The van der Waals surface area contributed by atoms with Crippen LogP contribution in [0.5, 0.6) is 5.75 Å². The zero-order chi connectivity index (χ0) is 30.8. The minimum Gasteiger partial charge on any atom is -0.438 e. The maximum atomic E-state index is 6.70. The Morgan fingerprint density at radius 1 is 0.976 bits per heavy atom. The normalized spacial score (nSPS) is 14.5. The largest absolute Gasteiger partial charge is 0.438 e. The minimum atomic E-state index is 0.343. The van der Waals surface area contributed by atoms with Crippen LogP contribution in [0.1, 0.15) is 131 Å². The molecule has 0 radical (unpaired) electrons. The summed E-state index contributed by atoms with van der Waals surface area (Å²) in [7, 11) is 0. The third-order valence-corrected chi connectivity index (χ3v) is 7.92. The van der Waals surface area contributed by atoms with Crippen LogP contribution in [0, 0.1) is 23.7 Å². The van der Waals surface area contributed by atoms with Crippen LogP contribution in [-0.2, 0) is 0 Å². The van der Waals surface area contributed by atoms with Crippen molar-refractivity contribution in [3.8, 4) is 17.6 Å². The van der Waals surface area contributed by atoms with E-state index >= 15 is 0 Å². The number of nitrogens with zero attached hydrogens (tertiary/aromatic N) is 1. The Morgan fingerprint density at radius 3 is 2.27 bits per heavy atom. The van der Waals surface area contributed by atoms with Crippen molar-refractivity contribution >= 4 is 11.3 Å². The summed E-state index contributed by atoms with van der Waals surface area (Å²) in [6.45, 7) is 28.3. The lowest BCUT2D eigenvalue weighted by Gasteiger charge is -2.17. The number of rotatable bonds is 17. The summed E-state index contributed by atoms with van der Waals surface area (Å²) < 4.78 is 6.70. The molecule has 0 aromatic heterocycles. The molecule has 1 aromatic rings. The Bertz CT molecular complexity index is 1180. The van der Waals surface area contributed by atoms with E-state index in [0.717, 1.165) is 72.3 Å². The van der Waals surface area contributed by atoms with Crippen molar-refractivity contribution in [3.63, 3.8) is 0 Å². The van der Waals surface area contributed by atoms with Crippen molar-refractivity contribution in [2.75, 3.05) is 0 Å². The lowest BCUT2D eigenvalue weighted by Crippen LogP contribution is -2.08. The van der Waals surface area contributed by atoms with Gasteiger partial charge in [-0.05, 0) is 99.1 Å². The van der Waals surface area contributed by atoms with Gasteiger partial charge in [-0.3, -0.25) is 0 Å². The van der Waals surface area contributed by atoms with Gasteiger partial charge in [-0.25, -0.2) is 4.99 Å². The SMILES string of the molecule is C=C/C(=C\C(CC)=C(/C)CCCCC)c1ccc(C#CCCC)cc1O/C(=C/C(=C)C(C)CC)N=C(C)C(C)CC. The highest BCUT2D eigenvalue weighted by atomic mass is 16.5. The first-order valence-corrected chi connectivity index (χ1v) is 15.9. The highest BCUT2D eigenvalue weighted by Crippen LogP contribution is 2.33. The number of hydrogen-bond acceptors (Lipinski definition) is 2. The van der Waals surface area contributed by atoms with Gasteiger partial charge in [0.25, 0.3) is 0 Å². The second-order valence-corrected chi connectivity index (χ2v) is 11.2. The molecule has 0 fully saturated rings. The van der Waals surface area contributed by atoms with Crippen molar-refractivity contribution in [2.24, 2.45) is 16.8 Å².